The number of carbonyl (C=O) groups is 1. The van der Waals surface area contributed by atoms with Crippen LogP contribution in [0.5, 0.6) is 5.75 Å². The van der Waals surface area contributed by atoms with Gasteiger partial charge in [-0.2, -0.15) is 0 Å². The summed E-state index contributed by atoms with van der Waals surface area (Å²) in [5, 5.41) is 13.1. The van der Waals surface area contributed by atoms with Gasteiger partial charge in [-0.05, 0) is 19.9 Å². The second-order valence-electron chi connectivity index (χ2n) is 5.87. The van der Waals surface area contributed by atoms with Crippen LogP contribution in [0.4, 0.5) is 5.82 Å². The normalized spacial score (nSPS) is 11.0. The van der Waals surface area contributed by atoms with Gasteiger partial charge in [-0.3, -0.25) is 4.79 Å². The molecule has 0 bridgehead atoms. The molecule has 0 atom stereocenters. The van der Waals surface area contributed by atoms with Gasteiger partial charge in [0.1, 0.15) is 30.2 Å². The van der Waals surface area contributed by atoms with Gasteiger partial charge in [-0.1, -0.05) is 0 Å². The molecule has 3 heterocycles. The first-order chi connectivity index (χ1) is 13.1. The topological polar surface area (TPSA) is 104 Å². The Kier molecular flexibility index (Phi) is 6.09. The van der Waals surface area contributed by atoms with Crippen molar-refractivity contribution >= 4 is 23.1 Å². The van der Waals surface area contributed by atoms with Crippen molar-refractivity contribution in [2.75, 3.05) is 25.6 Å². The van der Waals surface area contributed by atoms with Crippen molar-refractivity contribution in [3.63, 3.8) is 0 Å². The Labute approximate surface area is 160 Å². The molecule has 9 nitrogen and oxygen atoms in total. The molecule has 0 unspecified atom stereocenters. The fraction of sp³-hybridized carbons (Fsp3) is 0.353. The molecule has 0 radical (unpaired) electrons. The summed E-state index contributed by atoms with van der Waals surface area (Å²) in [6.45, 7) is 4.95. The summed E-state index contributed by atoms with van der Waals surface area (Å²) in [6, 6.07) is 3.56. The minimum Gasteiger partial charge on any atom is -0.491 e. The van der Waals surface area contributed by atoms with Crippen LogP contribution in [0.1, 0.15) is 30.4 Å². The summed E-state index contributed by atoms with van der Waals surface area (Å²) in [5.74, 6) is 1.27. The second kappa shape index (κ2) is 8.69. The summed E-state index contributed by atoms with van der Waals surface area (Å²) >= 11 is 1.34. The van der Waals surface area contributed by atoms with E-state index in [1.54, 1.807) is 37.1 Å². The number of nitrogens with one attached hydrogen (secondary N) is 1. The number of ether oxygens (including phenoxy) is 2. The molecule has 142 valence electrons. The van der Waals surface area contributed by atoms with Crippen LogP contribution in [0.3, 0.4) is 0 Å². The predicted molar refractivity (Wildman–Crippen MR) is 101 cm³/mol. The van der Waals surface area contributed by atoms with E-state index in [4.69, 9.17) is 9.47 Å². The van der Waals surface area contributed by atoms with Crippen LogP contribution in [0.25, 0.3) is 10.8 Å². The third-order valence-corrected chi connectivity index (χ3v) is 4.42. The molecular formula is C17H20N6O3S. The highest BCUT2D eigenvalue weighted by molar-refractivity contribution is 7.13. The van der Waals surface area contributed by atoms with Crippen LogP contribution in [-0.2, 0) is 4.74 Å². The van der Waals surface area contributed by atoms with Gasteiger partial charge in [-0.25, -0.2) is 9.97 Å². The molecule has 3 rings (SSSR count). The van der Waals surface area contributed by atoms with Gasteiger partial charge in [-0.15, -0.1) is 21.5 Å². The van der Waals surface area contributed by atoms with Gasteiger partial charge in [0.2, 0.25) is 0 Å². The van der Waals surface area contributed by atoms with Crippen LogP contribution in [0.15, 0.2) is 30.0 Å². The Morgan fingerprint density at radius 3 is 3.00 bits per heavy atom. The molecule has 0 aliphatic rings. The third-order valence-electron chi connectivity index (χ3n) is 3.59. The van der Waals surface area contributed by atoms with Gasteiger partial charge in [0.25, 0.3) is 5.91 Å². The minimum atomic E-state index is -0.352. The highest BCUT2D eigenvalue weighted by atomic mass is 32.1. The van der Waals surface area contributed by atoms with Crippen molar-refractivity contribution in [2.24, 2.45) is 0 Å². The van der Waals surface area contributed by atoms with Crippen LogP contribution in [0, 0.1) is 0 Å². The molecule has 3 aromatic rings. The van der Waals surface area contributed by atoms with Crippen molar-refractivity contribution in [1.29, 1.82) is 0 Å². The molecule has 27 heavy (non-hydrogen) atoms. The highest BCUT2D eigenvalue weighted by Crippen LogP contribution is 2.24. The quantitative estimate of drug-likeness (QED) is 0.592. The second-order valence-corrected chi connectivity index (χ2v) is 6.72. The maximum absolute atomic E-state index is 12.5. The number of amides is 1. The summed E-state index contributed by atoms with van der Waals surface area (Å²) in [7, 11) is 1.60. The van der Waals surface area contributed by atoms with E-state index in [9.17, 15) is 4.79 Å². The Balaban J connectivity index is 1.70. The fourth-order valence-corrected chi connectivity index (χ4v) is 3.03. The van der Waals surface area contributed by atoms with E-state index < -0.39 is 0 Å². The van der Waals surface area contributed by atoms with Gasteiger partial charge >= 0.3 is 0 Å². The van der Waals surface area contributed by atoms with Crippen molar-refractivity contribution < 1.29 is 14.3 Å². The minimum absolute atomic E-state index is 0.196. The first-order valence-corrected chi connectivity index (χ1v) is 9.21. The lowest BCUT2D eigenvalue weighted by Gasteiger charge is -2.08. The van der Waals surface area contributed by atoms with E-state index in [0.29, 0.717) is 41.3 Å². The molecule has 1 N–H and O–H groups in total. The maximum atomic E-state index is 12.5. The lowest BCUT2D eigenvalue weighted by molar-refractivity contribution is 0.102. The molecule has 0 saturated heterocycles. The number of aromatic nitrogens is 5. The molecule has 1 amide bonds. The zero-order chi connectivity index (χ0) is 19.2. The van der Waals surface area contributed by atoms with Gasteiger partial charge in [0.05, 0.1) is 6.61 Å². The highest BCUT2D eigenvalue weighted by Gasteiger charge is 2.17. The number of hydrogen-bond donors (Lipinski definition) is 1. The lowest BCUT2D eigenvalue weighted by atomic mass is 10.4. The SMILES string of the molecule is COCCOc1ccnc(NC(=O)c2csc(-c3nncn3C(C)C)n2)c1. The van der Waals surface area contributed by atoms with E-state index >= 15 is 0 Å². The number of carbonyl (C=O) groups excluding carboxylic acids is 1. The first kappa shape index (κ1) is 18.9. The molecule has 0 saturated carbocycles. The molecular weight excluding hydrogens is 368 g/mol. The van der Waals surface area contributed by atoms with Crippen LogP contribution in [0.2, 0.25) is 0 Å². The number of nitrogens with zero attached hydrogens (tertiary/aromatic N) is 5. The third kappa shape index (κ3) is 4.66. The fourth-order valence-electron chi connectivity index (χ4n) is 2.25. The number of anilines is 1. The number of thiazole rings is 1. The Morgan fingerprint density at radius 1 is 1.37 bits per heavy atom. The van der Waals surface area contributed by atoms with E-state index in [1.165, 1.54) is 11.3 Å². The number of hydrogen-bond acceptors (Lipinski definition) is 8. The molecule has 0 spiro atoms. The summed E-state index contributed by atoms with van der Waals surface area (Å²) in [4.78, 5) is 21.0. The van der Waals surface area contributed by atoms with Crippen LogP contribution >= 0.6 is 11.3 Å². The van der Waals surface area contributed by atoms with Gasteiger partial charge in [0.15, 0.2) is 10.8 Å². The van der Waals surface area contributed by atoms with Gasteiger partial charge in [0, 0.05) is 30.8 Å². The maximum Gasteiger partial charge on any atom is 0.276 e. The monoisotopic (exact) mass is 388 g/mol. The Hall–Kier alpha value is -2.85. The Bertz CT molecular complexity index is 907. The molecule has 0 aromatic carbocycles. The smallest absolute Gasteiger partial charge is 0.276 e. The van der Waals surface area contributed by atoms with Crippen molar-refractivity contribution in [2.45, 2.75) is 19.9 Å². The predicted octanol–water partition coefficient (Wildman–Crippen LogP) is 2.66. The largest absolute Gasteiger partial charge is 0.491 e. The number of pyridine rings is 1. The van der Waals surface area contributed by atoms with Crippen LogP contribution < -0.4 is 10.1 Å². The van der Waals surface area contributed by atoms with Crippen molar-refractivity contribution in [3.05, 3.63) is 35.7 Å². The molecule has 0 aliphatic heterocycles. The van der Waals surface area contributed by atoms with E-state index in [-0.39, 0.29) is 11.9 Å². The van der Waals surface area contributed by atoms with E-state index in [1.807, 2.05) is 18.4 Å². The van der Waals surface area contributed by atoms with Gasteiger partial charge < -0.3 is 19.4 Å². The van der Waals surface area contributed by atoms with E-state index in [0.717, 1.165) is 0 Å². The Morgan fingerprint density at radius 2 is 2.22 bits per heavy atom. The summed E-state index contributed by atoms with van der Waals surface area (Å²) in [5.41, 5.74) is 0.292. The lowest BCUT2D eigenvalue weighted by Crippen LogP contribution is -2.13. The standard InChI is InChI=1S/C17H20N6O3S/c1-11(2)23-10-19-22-15(23)17-20-13(9-27-17)16(24)21-14-8-12(4-5-18-14)26-7-6-25-3/h4-5,8-11H,6-7H2,1-3H3,(H,18,21,24). The number of rotatable bonds is 8. The number of methoxy groups -OCH3 is 1. The molecule has 3 aromatic heterocycles. The van der Waals surface area contributed by atoms with Crippen molar-refractivity contribution in [3.8, 4) is 16.6 Å². The average Bonchev–Trinajstić information content (AvgIpc) is 3.31. The summed E-state index contributed by atoms with van der Waals surface area (Å²) in [6.07, 6.45) is 3.22. The van der Waals surface area contributed by atoms with E-state index in [2.05, 4.69) is 25.5 Å². The molecule has 0 aliphatic carbocycles. The average molecular weight is 388 g/mol. The van der Waals surface area contributed by atoms with Crippen molar-refractivity contribution in [1.82, 2.24) is 24.7 Å². The molecule has 0 fully saturated rings. The zero-order valence-corrected chi connectivity index (χ0v) is 16.1. The molecule has 10 heteroatoms. The summed E-state index contributed by atoms with van der Waals surface area (Å²) < 4.78 is 12.4. The van der Waals surface area contributed by atoms with Crippen LogP contribution in [-0.4, -0.2) is 51.0 Å². The first-order valence-electron chi connectivity index (χ1n) is 8.33. The zero-order valence-electron chi connectivity index (χ0n) is 15.2.